The minimum absolute atomic E-state index is 0.213. The van der Waals surface area contributed by atoms with Crippen LogP contribution >= 0.6 is 0 Å². The summed E-state index contributed by atoms with van der Waals surface area (Å²) < 4.78 is 10.0. The molecule has 0 aliphatic rings. The van der Waals surface area contributed by atoms with Crippen LogP contribution in [0.25, 0.3) is 0 Å². The van der Waals surface area contributed by atoms with Gasteiger partial charge < -0.3 is 15.2 Å². The van der Waals surface area contributed by atoms with Gasteiger partial charge in [-0.3, -0.25) is 0 Å². The number of esters is 1. The number of hydrogen-bond donors (Lipinski definition) is 1. The molecule has 0 aliphatic carbocycles. The molecule has 1 aromatic carbocycles. The first-order valence-electron chi connectivity index (χ1n) is 5.16. The van der Waals surface area contributed by atoms with Gasteiger partial charge in [-0.2, -0.15) is 5.26 Å². The first kappa shape index (κ1) is 12.8. The molecule has 0 radical (unpaired) electrons. The number of carbonyl (C=O) groups is 1. The van der Waals surface area contributed by atoms with E-state index < -0.39 is 5.97 Å². The Morgan fingerprint density at radius 3 is 2.94 bits per heavy atom. The second-order valence-corrected chi connectivity index (χ2v) is 3.36. The molecule has 5 nitrogen and oxygen atoms in total. The van der Waals surface area contributed by atoms with Crippen molar-refractivity contribution in [2.75, 3.05) is 19.5 Å². The second kappa shape index (κ2) is 6.38. The molecule has 0 amide bonds. The Labute approximate surface area is 99.7 Å². The monoisotopic (exact) mass is 234 g/mol. The molecule has 17 heavy (non-hydrogen) atoms. The molecule has 0 saturated heterocycles. The molecular formula is C12H14N2O3. The number of carbonyl (C=O) groups excluding carboxylic acids is 1. The molecule has 0 saturated carbocycles. The van der Waals surface area contributed by atoms with Gasteiger partial charge in [-0.05, 0) is 24.6 Å². The van der Waals surface area contributed by atoms with Crippen LogP contribution in [0.4, 0.5) is 5.69 Å². The summed E-state index contributed by atoms with van der Waals surface area (Å²) in [5.74, 6) is -0.0726. The average molecular weight is 234 g/mol. The Kier molecular flexibility index (Phi) is 4.82. The van der Waals surface area contributed by atoms with Crippen LogP contribution in [0, 0.1) is 11.3 Å². The smallest absolute Gasteiger partial charge is 0.341 e. The normalized spacial score (nSPS) is 9.41. The van der Waals surface area contributed by atoms with Gasteiger partial charge in [0.1, 0.15) is 11.3 Å². The number of benzene rings is 1. The number of hydrogen-bond acceptors (Lipinski definition) is 5. The zero-order chi connectivity index (χ0) is 12.7. The maximum absolute atomic E-state index is 11.7. The first-order valence-corrected chi connectivity index (χ1v) is 5.16. The van der Waals surface area contributed by atoms with E-state index in [0.717, 1.165) is 0 Å². The van der Waals surface area contributed by atoms with Crippen molar-refractivity contribution in [3.63, 3.8) is 0 Å². The third-order valence-electron chi connectivity index (χ3n) is 2.11. The minimum atomic E-state index is -0.493. The highest BCUT2D eigenvalue weighted by Crippen LogP contribution is 2.21. The van der Waals surface area contributed by atoms with Crippen molar-refractivity contribution in [2.45, 2.75) is 12.8 Å². The number of methoxy groups -OCH3 is 1. The van der Waals surface area contributed by atoms with Crippen molar-refractivity contribution in [1.29, 1.82) is 5.26 Å². The topological polar surface area (TPSA) is 85.3 Å². The molecule has 0 bridgehead atoms. The Morgan fingerprint density at radius 1 is 1.53 bits per heavy atom. The lowest BCUT2D eigenvalue weighted by Crippen LogP contribution is -2.08. The maximum Gasteiger partial charge on any atom is 0.341 e. The molecule has 5 heteroatoms. The summed E-state index contributed by atoms with van der Waals surface area (Å²) in [5.41, 5.74) is 6.35. The Bertz CT molecular complexity index is 438. The van der Waals surface area contributed by atoms with Crippen LogP contribution < -0.4 is 10.5 Å². The first-order chi connectivity index (χ1) is 8.19. The average Bonchev–Trinajstić information content (AvgIpc) is 2.34. The van der Waals surface area contributed by atoms with Crippen molar-refractivity contribution in [3.05, 3.63) is 23.8 Å². The van der Waals surface area contributed by atoms with Crippen molar-refractivity contribution in [2.24, 2.45) is 0 Å². The second-order valence-electron chi connectivity index (χ2n) is 3.36. The number of ether oxygens (including phenoxy) is 2. The van der Waals surface area contributed by atoms with Crippen LogP contribution in [-0.4, -0.2) is 19.7 Å². The highest BCUT2D eigenvalue weighted by molar-refractivity contribution is 5.93. The van der Waals surface area contributed by atoms with Gasteiger partial charge in [-0.25, -0.2) is 4.79 Å². The summed E-state index contributed by atoms with van der Waals surface area (Å²) in [5, 5.41) is 8.34. The van der Waals surface area contributed by atoms with E-state index >= 15 is 0 Å². The molecule has 2 N–H and O–H groups in total. The van der Waals surface area contributed by atoms with Gasteiger partial charge in [0.15, 0.2) is 0 Å². The number of nitriles is 1. The molecule has 0 atom stereocenters. The van der Waals surface area contributed by atoms with Crippen LogP contribution in [0.3, 0.4) is 0 Å². The van der Waals surface area contributed by atoms with Gasteiger partial charge in [-0.15, -0.1) is 0 Å². The number of nitrogens with zero attached hydrogens (tertiary/aromatic N) is 1. The Hall–Kier alpha value is -2.22. The van der Waals surface area contributed by atoms with E-state index in [2.05, 4.69) is 0 Å². The molecule has 0 unspecified atom stereocenters. The fourth-order valence-electron chi connectivity index (χ4n) is 1.28. The predicted molar refractivity (Wildman–Crippen MR) is 62.5 cm³/mol. The predicted octanol–water partition coefficient (Wildman–Crippen LogP) is 1.74. The zero-order valence-electron chi connectivity index (χ0n) is 9.60. The lowest BCUT2D eigenvalue weighted by atomic mass is 10.2. The summed E-state index contributed by atoms with van der Waals surface area (Å²) in [7, 11) is 1.47. The third kappa shape index (κ3) is 3.68. The number of rotatable bonds is 5. The molecular weight excluding hydrogens is 220 g/mol. The summed E-state index contributed by atoms with van der Waals surface area (Å²) >= 11 is 0. The number of unbranched alkanes of at least 4 members (excludes halogenated alkanes) is 1. The Balaban J connectivity index is 2.68. The third-order valence-corrected chi connectivity index (χ3v) is 2.11. The quantitative estimate of drug-likeness (QED) is 0.476. The summed E-state index contributed by atoms with van der Waals surface area (Å²) in [6, 6.07) is 6.74. The van der Waals surface area contributed by atoms with E-state index in [-0.39, 0.29) is 6.61 Å². The van der Waals surface area contributed by atoms with Crippen molar-refractivity contribution in [1.82, 2.24) is 0 Å². The number of nitrogen functional groups attached to an aromatic ring is 1. The number of anilines is 1. The van der Waals surface area contributed by atoms with E-state index in [1.54, 1.807) is 12.1 Å². The Morgan fingerprint density at radius 2 is 2.29 bits per heavy atom. The van der Waals surface area contributed by atoms with Crippen LogP contribution in [-0.2, 0) is 4.74 Å². The van der Waals surface area contributed by atoms with E-state index in [9.17, 15) is 4.79 Å². The lowest BCUT2D eigenvalue weighted by molar-refractivity contribution is 0.0498. The standard InChI is InChI=1S/C12H14N2O3/c1-16-11-5-4-9(14)8-10(11)12(15)17-7-3-2-6-13/h4-5,8H,2-3,7,14H2,1H3. The van der Waals surface area contributed by atoms with E-state index in [1.807, 2.05) is 6.07 Å². The lowest BCUT2D eigenvalue weighted by Gasteiger charge is -2.08. The fraction of sp³-hybridized carbons (Fsp3) is 0.333. The minimum Gasteiger partial charge on any atom is -0.496 e. The fourth-order valence-corrected chi connectivity index (χ4v) is 1.28. The van der Waals surface area contributed by atoms with Gasteiger partial charge >= 0.3 is 5.97 Å². The van der Waals surface area contributed by atoms with Gasteiger partial charge in [0.05, 0.1) is 19.8 Å². The van der Waals surface area contributed by atoms with E-state index in [0.29, 0.717) is 29.8 Å². The van der Waals surface area contributed by atoms with E-state index in [1.165, 1.54) is 13.2 Å². The van der Waals surface area contributed by atoms with Gasteiger partial charge in [0.2, 0.25) is 0 Å². The maximum atomic E-state index is 11.7. The van der Waals surface area contributed by atoms with E-state index in [4.69, 9.17) is 20.5 Å². The van der Waals surface area contributed by atoms with Crippen molar-refractivity contribution < 1.29 is 14.3 Å². The van der Waals surface area contributed by atoms with Crippen molar-refractivity contribution in [3.8, 4) is 11.8 Å². The zero-order valence-corrected chi connectivity index (χ0v) is 9.60. The van der Waals surface area contributed by atoms with Crippen LogP contribution in [0.1, 0.15) is 23.2 Å². The van der Waals surface area contributed by atoms with Crippen molar-refractivity contribution >= 4 is 11.7 Å². The molecule has 0 fully saturated rings. The summed E-state index contributed by atoms with van der Waals surface area (Å²) in [6.45, 7) is 0.213. The number of nitrogens with two attached hydrogens (primary N) is 1. The summed E-state index contributed by atoms with van der Waals surface area (Å²) in [6.07, 6.45) is 0.883. The van der Waals surface area contributed by atoms with Gasteiger partial charge in [0, 0.05) is 12.1 Å². The van der Waals surface area contributed by atoms with Crippen LogP contribution in [0.2, 0.25) is 0 Å². The molecule has 0 aromatic heterocycles. The van der Waals surface area contributed by atoms with Crippen LogP contribution in [0.15, 0.2) is 18.2 Å². The SMILES string of the molecule is COc1ccc(N)cc1C(=O)OCCCC#N. The molecule has 90 valence electrons. The largest absolute Gasteiger partial charge is 0.496 e. The molecule has 0 aliphatic heterocycles. The molecule has 0 heterocycles. The van der Waals surface area contributed by atoms with Gasteiger partial charge in [-0.1, -0.05) is 0 Å². The van der Waals surface area contributed by atoms with Crippen LogP contribution in [0.5, 0.6) is 5.75 Å². The highest BCUT2D eigenvalue weighted by atomic mass is 16.5. The van der Waals surface area contributed by atoms with Gasteiger partial charge in [0.25, 0.3) is 0 Å². The molecule has 0 spiro atoms. The highest BCUT2D eigenvalue weighted by Gasteiger charge is 2.13. The molecule has 1 aromatic rings. The molecule has 1 rings (SSSR count). The summed E-state index contributed by atoms with van der Waals surface area (Å²) in [4.78, 5) is 11.7.